The number of benzene rings is 2. The van der Waals surface area contributed by atoms with Crippen LogP contribution in [-0.2, 0) is 11.2 Å². The van der Waals surface area contributed by atoms with Gasteiger partial charge in [0.15, 0.2) is 0 Å². The largest absolute Gasteiger partial charge is 0.508 e. The summed E-state index contributed by atoms with van der Waals surface area (Å²) in [5.74, 6) is 0.159. The Labute approximate surface area is 146 Å². The molecule has 25 heavy (non-hydrogen) atoms. The van der Waals surface area contributed by atoms with Crippen molar-refractivity contribution in [2.75, 3.05) is 5.32 Å². The molecule has 1 heterocycles. The molecule has 2 aromatic carbocycles. The Morgan fingerprint density at radius 1 is 0.920 bits per heavy atom. The van der Waals surface area contributed by atoms with Crippen molar-refractivity contribution < 1.29 is 9.90 Å². The highest BCUT2D eigenvalue weighted by Gasteiger charge is 2.04. The van der Waals surface area contributed by atoms with E-state index in [2.05, 4.69) is 27.4 Å². The molecule has 0 fully saturated rings. The Kier molecular flexibility index (Phi) is 5.36. The van der Waals surface area contributed by atoms with Gasteiger partial charge in [0.1, 0.15) is 12.1 Å². The van der Waals surface area contributed by atoms with Gasteiger partial charge in [0, 0.05) is 30.1 Å². The Bertz CT molecular complexity index is 816. The molecule has 0 atom stereocenters. The summed E-state index contributed by atoms with van der Waals surface area (Å²) >= 11 is 0. The van der Waals surface area contributed by atoms with E-state index in [9.17, 15) is 9.90 Å². The van der Waals surface area contributed by atoms with Crippen LogP contribution in [0.5, 0.6) is 5.75 Å². The van der Waals surface area contributed by atoms with Crippen molar-refractivity contribution in [2.45, 2.75) is 19.3 Å². The second-order valence-electron chi connectivity index (χ2n) is 5.77. The minimum Gasteiger partial charge on any atom is -0.508 e. The number of nitrogens with one attached hydrogen (secondary N) is 1. The standard InChI is InChI=1S/C20H19N3O2/c24-19-10-8-18(9-11-19)23-20(25)3-1-2-15-4-6-16(7-5-15)17-12-21-14-22-13-17/h4-14,24H,1-3H2,(H,23,25). The summed E-state index contributed by atoms with van der Waals surface area (Å²) in [6.45, 7) is 0. The van der Waals surface area contributed by atoms with Crippen LogP contribution in [0.2, 0.25) is 0 Å². The number of hydrogen-bond acceptors (Lipinski definition) is 4. The van der Waals surface area contributed by atoms with Crippen molar-refractivity contribution in [3.05, 3.63) is 72.8 Å². The van der Waals surface area contributed by atoms with Gasteiger partial charge in [0.25, 0.3) is 0 Å². The van der Waals surface area contributed by atoms with Gasteiger partial charge in [-0.15, -0.1) is 0 Å². The van der Waals surface area contributed by atoms with Crippen LogP contribution in [0.3, 0.4) is 0 Å². The maximum atomic E-state index is 11.9. The lowest BCUT2D eigenvalue weighted by Gasteiger charge is -2.06. The molecule has 2 N–H and O–H groups in total. The predicted molar refractivity (Wildman–Crippen MR) is 97.1 cm³/mol. The van der Waals surface area contributed by atoms with E-state index >= 15 is 0 Å². The fourth-order valence-corrected chi connectivity index (χ4v) is 2.53. The number of nitrogens with zero attached hydrogens (tertiary/aromatic N) is 2. The number of aryl methyl sites for hydroxylation is 1. The summed E-state index contributed by atoms with van der Waals surface area (Å²) in [6, 6.07) is 14.7. The van der Waals surface area contributed by atoms with Gasteiger partial charge < -0.3 is 10.4 Å². The maximum Gasteiger partial charge on any atom is 0.224 e. The van der Waals surface area contributed by atoms with Crippen LogP contribution in [0.4, 0.5) is 5.69 Å². The van der Waals surface area contributed by atoms with E-state index in [1.807, 2.05) is 12.1 Å². The number of hydrogen-bond donors (Lipinski definition) is 2. The van der Waals surface area contributed by atoms with E-state index in [0.717, 1.165) is 24.0 Å². The summed E-state index contributed by atoms with van der Waals surface area (Å²) in [4.78, 5) is 20.0. The van der Waals surface area contributed by atoms with E-state index in [-0.39, 0.29) is 11.7 Å². The molecule has 5 nitrogen and oxygen atoms in total. The van der Waals surface area contributed by atoms with E-state index < -0.39 is 0 Å². The van der Waals surface area contributed by atoms with Crippen LogP contribution in [0.25, 0.3) is 11.1 Å². The van der Waals surface area contributed by atoms with Gasteiger partial charge in [-0.25, -0.2) is 9.97 Å². The summed E-state index contributed by atoms with van der Waals surface area (Å²) in [7, 11) is 0. The van der Waals surface area contributed by atoms with Crippen molar-refractivity contribution in [2.24, 2.45) is 0 Å². The molecule has 0 radical (unpaired) electrons. The molecule has 0 aliphatic heterocycles. The first-order chi connectivity index (χ1) is 12.2. The third-order valence-corrected chi connectivity index (χ3v) is 3.87. The molecule has 1 aromatic heterocycles. The molecule has 1 amide bonds. The Morgan fingerprint density at radius 2 is 1.60 bits per heavy atom. The van der Waals surface area contributed by atoms with Crippen LogP contribution >= 0.6 is 0 Å². The van der Waals surface area contributed by atoms with Crippen molar-refractivity contribution in [1.29, 1.82) is 0 Å². The number of anilines is 1. The van der Waals surface area contributed by atoms with Gasteiger partial charge in [0.2, 0.25) is 5.91 Å². The molecule has 3 rings (SSSR count). The molecule has 0 bridgehead atoms. The molecular formula is C20H19N3O2. The Morgan fingerprint density at radius 3 is 2.28 bits per heavy atom. The number of carbonyl (C=O) groups is 1. The number of amides is 1. The molecule has 0 aliphatic rings. The molecule has 0 aliphatic carbocycles. The SMILES string of the molecule is O=C(CCCc1ccc(-c2cncnc2)cc1)Nc1ccc(O)cc1. The van der Waals surface area contributed by atoms with E-state index in [1.54, 1.807) is 36.7 Å². The van der Waals surface area contributed by atoms with Gasteiger partial charge in [-0.05, 0) is 48.2 Å². The van der Waals surface area contributed by atoms with E-state index in [0.29, 0.717) is 12.1 Å². The summed E-state index contributed by atoms with van der Waals surface area (Å²) in [5.41, 5.74) is 3.95. The van der Waals surface area contributed by atoms with Crippen LogP contribution in [0.1, 0.15) is 18.4 Å². The second-order valence-corrected chi connectivity index (χ2v) is 5.77. The van der Waals surface area contributed by atoms with Crippen molar-refractivity contribution >= 4 is 11.6 Å². The third-order valence-electron chi connectivity index (χ3n) is 3.87. The first-order valence-electron chi connectivity index (χ1n) is 8.14. The van der Waals surface area contributed by atoms with Crippen molar-refractivity contribution in [3.8, 4) is 16.9 Å². The Hall–Kier alpha value is -3.21. The normalized spacial score (nSPS) is 10.4. The molecule has 3 aromatic rings. The van der Waals surface area contributed by atoms with Gasteiger partial charge in [-0.2, -0.15) is 0 Å². The minimum absolute atomic E-state index is 0.0243. The first-order valence-corrected chi connectivity index (χ1v) is 8.14. The summed E-state index contributed by atoms with van der Waals surface area (Å²) < 4.78 is 0. The molecule has 0 unspecified atom stereocenters. The highest BCUT2D eigenvalue weighted by molar-refractivity contribution is 5.90. The lowest BCUT2D eigenvalue weighted by atomic mass is 10.0. The fraction of sp³-hybridized carbons (Fsp3) is 0.150. The van der Waals surface area contributed by atoms with Crippen LogP contribution in [0.15, 0.2) is 67.3 Å². The topological polar surface area (TPSA) is 75.1 Å². The second kappa shape index (κ2) is 8.06. The number of carbonyl (C=O) groups excluding carboxylic acids is 1. The van der Waals surface area contributed by atoms with Crippen LogP contribution in [0, 0.1) is 0 Å². The van der Waals surface area contributed by atoms with Crippen LogP contribution in [-0.4, -0.2) is 21.0 Å². The van der Waals surface area contributed by atoms with Crippen molar-refractivity contribution in [3.63, 3.8) is 0 Å². The number of phenolic OH excluding ortho intramolecular Hbond substituents is 1. The van der Waals surface area contributed by atoms with Gasteiger partial charge in [-0.3, -0.25) is 4.79 Å². The fourth-order valence-electron chi connectivity index (χ4n) is 2.53. The van der Waals surface area contributed by atoms with Gasteiger partial charge in [0.05, 0.1) is 0 Å². The van der Waals surface area contributed by atoms with Gasteiger partial charge in [-0.1, -0.05) is 24.3 Å². The van der Waals surface area contributed by atoms with E-state index in [4.69, 9.17) is 0 Å². The average molecular weight is 333 g/mol. The lowest BCUT2D eigenvalue weighted by Crippen LogP contribution is -2.11. The minimum atomic E-state index is -0.0243. The first kappa shape index (κ1) is 16.6. The monoisotopic (exact) mass is 333 g/mol. The maximum absolute atomic E-state index is 11.9. The zero-order valence-corrected chi connectivity index (χ0v) is 13.7. The van der Waals surface area contributed by atoms with E-state index in [1.165, 1.54) is 11.9 Å². The number of aromatic hydroxyl groups is 1. The molecule has 126 valence electrons. The van der Waals surface area contributed by atoms with Crippen LogP contribution < -0.4 is 5.32 Å². The highest BCUT2D eigenvalue weighted by atomic mass is 16.3. The highest BCUT2D eigenvalue weighted by Crippen LogP contribution is 2.19. The number of phenols is 1. The smallest absolute Gasteiger partial charge is 0.224 e. The van der Waals surface area contributed by atoms with Gasteiger partial charge >= 0.3 is 0 Å². The molecule has 0 saturated carbocycles. The van der Waals surface area contributed by atoms with Crippen molar-refractivity contribution in [1.82, 2.24) is 9.97 Å². The zero-order chi connectivity index (χ0) is 17.5. The Balaban J connectivity index is 1.47. The lowest BCUT2D eigenvalue weighted by molar-refractivity contribution is -0.116. The summed E-state index contributed by atoms with van der Waals surface area (Å²) in [6.07, 6.45) is 7.16. The molecular weight excluding hydrogens is 314 g/mol. The summed E-state index contributed by atoms with van der Waals surface area (Å²) in [5, 5.41) is 12.1. The quantitative estimate of drug-likeness (QED) is 0.673. The zero-order valence-electron chi connectivity index (χ0n) is 13.7. The molecule has 0 saturated heterocycles. The third kappa shape index (κ3) is 4.88. The predicted octanol–water partition coefficient (Wildman–Crippen LogP) is 3.81. The molecule has 0 spiro atoms. The molecule has 5 heteroatoms. The number of aromatic nitrogens is 2. The average Bonchev–Trinajstić information content (AvgIpc) is 2.65. The number of rotatable bonds is 6.